The zero-order chi connectivity index (χ0) is 16.7. The van der Waals surface area contributed by atoms with Crippen LogP contribution < -0.4 is 16.4 Å². The van der Waals surface area contributed by atoms with Gasteiger partial charge in [-0.25, -0.2) is 4.39 Å². The summed E-state index contributed by atoms with van der Waals surface area (Å²) in [6.45, 7) is 2.42. The molecular weight excluding hydrogens is 422 g/mol. The molecule has 1 aromatic carbocycles. The molecule has 1 saturated carbocycles. The van der Waals surface area contributed by atoms with Gasteiger partial charge in [0.25, 0.3) is 5.91 Å². The van der Waals surface area contributed by atoms with E-state index in [4.69, 9.17) is 5.73 Å². The molecule has 1 aliphatic carbocycles. The third-order valence-corrected chi connectivity index (χ3v) is 4.07. The first-order valence-electron chi connectivity index (χ1n) is 8.17. The molecule has 0 aromatic heterocycles. The lowest BCUT2D eigenvalue weighted by molar-refractivity contribution is 0.0954. The highest BCUT2D eigenvalue weighted by Gasteiger charge is 2.13. The molecule has 1 amide bonds. The number of halogens is 2. The van der Waals surface area contributed by atoms with Crippen LogP contribution in [0.4, 0.5) is 4.39 Å². The molecule has 1 aromatic rings. The molecule has 0 aliphatic heterocycles. The molecule has 0 saturated heterocycles. The van der Waals surface area contributed by atoms with Gasteiger partial charge in [0, 0.05) is 18.2 Å². The molecule has 0 radical (unpaired) electrons. The normalized spacial score (nSPS) is 15.5. The van der Waals surface area contributed by atoms with Crippen LogP contribution in [-0.4, -0.2) is 31.0 Å². The predicted molar refractivity (Wildman–Crippen MR) is 105 cm³/mol. The Morgan fingerprint density at radius 1 is 1.33 bits per heavy atom. The third-order valence-electron chi connectivity index (χ3n) is 4.07. The van der Waals surface area contributed by atoms with Gasteiger partial charge in [0.1, 0.15) is 5.82 Å². The van der Waals surface area contributed by atoms with Gasteiger partial charge in [-0.3, -0.25) is 9.79 Å². The second kappa shape index (κ2) is 10.5. The number of nitrogens with one attached hydrogen (secondary N) is 2. The van der Waals surface area contributed by atoms with Crippen LogP contribution in [0.1, 0.15) is 48.0 Å². The largest absolute Gasteiger partial charge is 0.370 e. The number of hydrogen-bond acceptors (Lipinski definition) is 2. The minimum atomic E-state index is -0.378. The van der Waals surface area contributed by atoms with E-state index in [-0.39, 0.29) is 35.7 Å². The molecule has 1 aliphatic rings. The Morgan fingerprint density at radius 3 is 2.71 bits per heavy atom. The molecule has 7 heteroatoms. The van der Waals surface area contributed by atoms with Gasteiger partial charge < -0.3 is 16.4 Å². The van der Waals surface area contributed by atoms with Crippen molar-refractivity contribution in [1.29, 1.82) is 0 Å². The average Bonchev–Trinajstić information content (AvgIpc) is 2.55. The highest BCUT2D eigenvalue weighted by Crippen LogP contribution is 2.16. The Balaban J connectivity index is 0.00000288. The summed E-state index contributed by atoms with van der Waals surface area (Å²) in [6, 6.07) is 4.86. The van der Waals surface area contributed by atoms with Crippen LogP contribution in [0.2, 0.25) is 0 Å². The quantitative estimate of drug-likeness (QED) is 0.281. The maximum absolute atomic E-state index is 13.4. The van der Waals surface area contributed by atoms with Crippen LogP contribution in [-0.2, 0) is 0 Å². The van der Waals surface area contributed by atoms with Gasteiger partial charge in [-0.05, 0) is 37.5 Å². The highest BCUT2D eigenvalue weighted by atomic mass is 127. The van der Waals surface area contributed by atoms with E-state index >= 15 is 0 Å². The lowest BCUT2D eigenvalue weighted by atomic mass is 9.96. The summed E-state index contributed by atoms with van der Waals surface area (Å²) in [5, 5.41) is 5.93. The maximum Gasteiger partial charge on any atom is 0.251 e. The smallest absolute Gasteiger partial charge is 0.251 e. The summed E-state index contributed by atoms with van der Waals surface area (Å²) in [5.41, 5.74) is 6.68. The zero-order valence-electron chi connectivity index (χ0n) is 14.0. The molecule has 1 fully saturated rings. The highest BCUT2D eigenvalue weighted by molar-refractivity contribution is 14.0. The minimum absolute atomic E-state index is 0. The van der Waals surface area contributed by atoms with E-state index in [1.807, 2.05) is 0 Å². The molecule has 134 valence electrons. The molecule has 24 heavy (non-hydrogen) atoms. The van der Waals surface area contributed by atoms with Gasteiger partial charge in [-0.15, -0.1) is 24.0 Å². The van der Waals surface area contributed by atoms with Gasteiger partial charge in [0.2, 0.25) is 0 Å². The molecule has 5 nitrogen and oxygen atoms in total. The second-order valence-corrected chi connectivity index (χ2v) is 5.97. The Kier molecular flexibility index (Phi) is 9.02. The third kappa shape index (κ3) is 6.62. The monoisotopic (exact) mass is 448 g/mol. The van der Waals surface area contributed by atoms with Crippen LogP contribution in [0.3, 0.4) is 0 Å². The number of carbonyl (C=O) groups is 1. The summed E-state index contributed by atoms with van der Waals surface area (Å²) in [5.74, 6) is -0.262. The minimum Gasteiger partial charge on any atom is -0.370 e. The van der Waals surface area contributed by atoms with Crippen LogP contribution in [0.25, 0.3) is 0 Å². The average molecular weight is 448 g/mol. The lowest BCUT2D eigenvalue weighted by Gasteiger charge is -2.23. The van der Waals surface area contributed by atoms with Crippen molar-refractivity contribution in [3.63, 3.8) is 0 Å². The standard InChI is InChI=1S/C17H25FN4O.HI/c1-12-7-8-13(11-15(12)18)16(23)20-9-10-21-17(19)22-14-5-3-2-4-6-14;/h7-8,11,14H,2-6,9-10H2,1H3,(H,20,23)(H3,19,21,22);1H. The van der Waals surface area contributed by atoms with Gasteiger partial charge in [-0.2, -0.15) is 0 Å². The number of rotatable bonds is 5. The Bertz CT molecular complexity index is 574. The van der Waals surface area contributed by atoms with Crippen molar-refractivity contribution in [2.45, 2.75) is 45.1 Å². The van der Waals surface area contributed by atoms with Gasteiger partial charge >= 0.3 is 0 Å². The number of aryl methyl sites for hydroxylation is 1. The fourth-order valence-electron chi connectivity index (χ4n) is 2.68. The van der Waals surface area contributed by atoms with Gasteiger partial charge in [0.05, 0.1) is 6.54 Å². The number of nitrogens with zero attached hydrogens (tertiary/aromatic N) is 1. The summed E-state index contributed by atoms with van der Waals surface area (Å²) >= 11 is 0. The van der Waals surface area contributed by atoms with Crippen molar-refractivity contribution in [2.75, 3.05) is 13.1 Å². The number of benzene rings is 1. The summed E-state index contributed by atoms with van der Waals surface area (Å²) in [7, 11) is 0. The van der Waals surface area contributed by atoms with Crippen molar-refractivity contribution < 1.29 is 9.18 Å². The maximum atomic E-state index is 13.4. The molecular formula is C17H26FIN4O. The van der Waals surface area contributed by atoms with Crippen molar-refractivity contribution in [3.8, 4) is 0 Å². The lowest BCUT2D eigenvalue weighted by Crippen LogP contribution is -2.41. The SMILES string of the molecule is Cc1ccc(C(=O)NCCN=C(N)NC2CCCCC2)cc1F.I. The summed E-state index contributed by atoms with van der Waals surface area (Å²) < 4.78 is 13.4. The summed E-state index contributed by atoms with van der Waals surface area (Å²) in [4.78, 5) is 16.1. The van der Waals surface area contributed by atoms with Crippen molar-refractivity contribution in [1.82, 2.24) is 10.6 Å². The molecule has 0 atom stereocenters. The topological polar surface area (TPSA) is 79.5 Å². The molecule has 2 rings (SSSR count). The van der Waals surface area contributed by atoms with E-state index in [0.717, 1.165) is 12.8 Å². The number of carbonyl (C=O) groups excluding carboxylic acids is 1. The molecule has 0 unspecified atom stereocenters. The van der Waals surface area contributed by atoms with Crippen molar-refractivity contribution in [2.24, 2.45) is 10.7 Å². The van der Waals surface area contributed by atoms with Crippen molar-refractivity contribution in [3.05, 3.63) is 35.1 Å². The second-order valence-electron chi connectivity index (χ2n) is 5.97. The number of aliphatic imine (C=N–C) groups is 1. The first-order chi connectivity index (χ1) is 11.1. The van der Waals surface area contributed by atoms with E-state index in [0.29, 0.717) is 36.2 Å². The van der Waals surface area contributed by atoms with Crippen LogP contribution >= 0.6 is 24.0 Å². The number of amides is 1. The van der Waals surface area contributed by atoms with Crippen LogP contribution in [0.5, 0.6) is 0 Å². The van der Waals surface area contributed by atoms with E-state index in [2.05, 4.69) is 15.6 Å². The van der Waals surface area contributed by atoms with Crippen LogP contribution in [0, 0.1) is 12.7 Å². The Labute approximate surface area is 159 Å². The molecule has 0 spiro atoms. The fourth-order valence-corrected chi connectivity index (χ4v) is 2.68. The molecule has 4 N–H and O–H groups in total. The van der Waals surface area contributed by atoms with Crippen LogP contribution in [0.15, 0.2) is 23.2 Å². The number of nitrogens with two attached hydrogens (primary N) is 1. The molecule has 0 bridgehead atoms. The van der Waals surface area contributed by atoms with E-state index in [1.165, 1.54) is 25.3 Å². The van der Waals surface area contributed by atoms with E-state index in [1.54, 1.807) is 19.1 Å². The van der Waals surface area contributed by atoms with E-state index < -0.39 is 0 Å². The number of hydrogen-bond donors (Lipinski definition) is 3. The van der Waals surface area contributed by atoms with Gasteiger partial charge in [0.15, 0.2) is 5.96 Å². The van der Waals surface area contributed by atoms with Gasteiger partial charge in [-0.1, -0.05) is 25.3 Å². The molecule has 0 heterocycles. The zero-order valence-corrected chi connectivity index (χ0v) is 16.3. The Hall–Kier alpha value is -1.38. The predicted octanol–water partition coefficient (Wildman–Crippen LogP) is 2.72. The van der Waals surface area contributed by atoms with E-state index in [9.17, 15) is 9.18 Å². The Morgan fingerprint density at radius 2 is 2.04 bits per heavy atom. The first kappa shape index (κ1) is 20.7. The van der Waals surface area contributed by atoms with Crippen molar-refractivity contribution >= 4 is 35.8 Å². The number of guanidine groups is 1. The fraction of sp³-hybridized carbons (Fsp3) is 0.529. The summed E-state index contributed by atoms with van der Waals surface area (Å²) in [6.07, 6.45) is 6.01. The first-order valence-corrected chi connectivity index (χ1v) is 8.17.